The summed E-state index contributed by atoms with van der Waals surface area (Å²) in [6, 6.07) is 35.2. The minimum Gasteiger partial charge on any atom is -0.465 e. The zero-order valence-electron chi connectivity index (χ0n) is 52.9. The molecule has 3 aliphatic rings. The molecule has 0 spiro atoms. The van der Waals surface area contributed by atoms with Crippen molar-refractivity contribution in [1.82, 2.24) is 67.4 Å². The number of ether oxygens (including phenoxy) is 2. The summed E-state index contributed by atoms with van der Waals surface area (Å²) in [6.45, 7) is 10.8. The molecule has 0 radical (unpaired) electrons. The number of hydrogen-bond donors (Lipinski definition) is 9. The average molecular weight is 1350 g/mol. The van der Waals surface area contributed by atoms with Crippen LogP contribution in [0.25, 0.3) is 33.9 Å². The maximum Gasteiger partial charge on any atom is 0.407 e. The molecule has 496 valence electrons. The number of nitrogens with two attached hydrogens (primary N) is 1. The molecule has 3 fully saturated rings. The number of halogens is 1. The Kier molecular flexibility index (Phi) is 24.5. The van der Waals surface area contributed by atoms with Crippen LogP contribution in [0.2, 0.25) is 0 Å². The Labute approximate surface area is 553 Å². The van der Waals surface area contributed by atoms with Gasteiger partial charge in [-0.25, -0.2) is 19.8 Å². The number of tetrazole rings is 2. The van der Waals surface area contributed by atoms with Crippen LogP contribution in [0.1, 0.15) is 93.6 Å². The van der Waals surface area contributed by atoms with Gasteiger partial charge in [-0.3, -0.25) is 33.8 Å². The molecule has 2 aromatic heterocycles. The molecule has 0 bridgehead atoms. The van der Waals surface area contributed by atoms with Gasteiger partial charge in [-0.05, 0) is 200 Å². The lowest BCUT2D eigenvalue weighted by Crippen LogP contribution is -2.52. The standard InChI is InChI=1S/C38H45N9O6.C29H36BrN7O4/c48-35(39-15-16-47-17-19-53-20-18-47)31-6-2-5-30(23-31)29-4-1-3-26(21-29)22-33(42-36(49)28-9-7-25(8-10-28)24-40-38(51)52)37(50)41-32-13-11-27(12-14-32)34-43-45-46-44-34;1-29(2,3)41-28(40)32-17-18-7-9-21(10-8-18)27(39)37(23-13-11-20(12-14-23)26-33-35-36-34-26)24(25(31)38)16-19-5-4-6-22(30)15-19/h1-6,11-14,21,23,25,28,33,40H,7-10,15-20,22,24H2,(H,39,48)(H,41,50)(H,42,49)(H,51,52)(H,43,44,45,46);4-6,11-15,18,21,24H,7-10,16-17H2,1-3H3,(H2,31,38)(H,32,40)(H,33,34,35,36)/t25-,28-,33-;18-,21-,24-/m00/s1. The van der Waals surface area contributed by atoms with Crippen LogP contribution in [0.5, 0.6) is 0 Å². The number of benzene rings is 5. The minimum atomic E-state index is -1.05. The third-order valence-electron chi connectivity index (χ3n) is 16.9. The number of alkyl carbamates (subject to hydrolysis) is 1. The lowest BCUT2D eigenvalue weighted by atomic mass is 9.81. The fourth-order valence-electron chi connectivity index (χ4n) is 11.9. The van der Waals surface area contributed by atoms with E-state index in [4.69, 9.17) is 20.3 Å². The monoisotopic (exact) mass is 1350 g/mol. The number of aromatic amines is 2. The lowest BCUT2D eigenvalue weighted by Gasteiger charge is -2.36. The van der Waals surface area contributed by atoms with Gasteiger partial charge in [0.1, 0.15) is 17.7 Å². The number of carboxylic acid groups (broad SMARTS) is 1. The molecular formula is C67H81BrN16O10. The fraction of sp³-hybridized carbons (Fsp3) is 0.418. The van der Waals surface area contributed by atoms with Crippen molar-refractivity contribution in [2.24, 2.45) is 29.4 Å². The molecule has 1 saturated heterocycles. The second-order valence-corrected chi connectivity index (χ2v) is 25.7. The van der Waals surface area contributed by atoms with Crippen molar-refractivity contribution in [3.05, 3.63) is 142 Å². The van der Waals surface area contributed by atoms with Crippen LogP contribution in [-0.4, -0.2) is 163 Å². The normalized spacial score (nSPS) is 18.0. The first-order valence-electron chi connectivity index (χ1n) is 31.7. The summed E-state index contributed by atoms with van der Waals surface area (Å²) in [5.41, 5.74) is 12.0. The summed E-state index contributed by atoms with van der Waals surface area (Å²) in [5, 5.41) is 51.0. The Balaban J connectivity index is 0.000000229. The minimum absolute atomic E-state index is 0.142. The van der Waals surface area contributed by atoms with E-state index in [1.54, 1.807) is 59.5 Å². The van der Waals surface area contributed by atoms with Gasteiger partial charge in [-0.2, -0.15) is 0 Å². The van der Waals surface area contributed by atoms with Crippen molar-refractivity contribution in [3.8, 4) is 33.9 Å². The predicted molar refractivity (Wildman–Crippen MR) is 354 cm³/mol. The summed E-state index contributed by atoms with van der Waals surface area (Å²) >= 11 is 3.48. The Bertz CT molecular complexity index is 3640. The summed E-state index contributed by atoms with van der Waals surface area (Å²) in [6.07, 6.45) is 4.47. The van der Waals surface area contributed by atoms with Gasteiger partial charge in [0, 0.05) is 96.5 Å². The van der Waals surface area contributed by atoms with Crippen LogP contribution in [0, 0.1) is 23.7 Å². The number of nitrogens with zero attached hydrogens (tertiary/aromatic N) is 8. The van der Waals surface area contributed by atoms with Gasteiger partial charge in [-0.1, -0.05) is 64.5 Å². The number of anilines is 2. The molecule has 2 aliphatic carbocycles. The van der Waals surface area contributed by atoms with E-state index in [0.717, 1.165) is 83.2 Å². The van der Waals surface area contributed by atoms with Crippen LogP contribution < -0.4 is 37.2 Å². The third-order valence-corrected chi connectivity index (χ3v) is 17.4. The highest BCUT2D eigenvalue weighted by Gasteiger charge is 2.37. The van der Waals surface area contributed by atoms with Crippen molar-refractivity contribution in [1.29, 1.82) is 0 Å². The van der Waals surface area contributed by atoms with E-state index in [9.17, 15) is 33.6 Å². The fourth-order valence-corrected chi connectivity index (χ4v) is 12.3. The average Bonchev–Trinajstić information content (AvgIpc) is 0.847. The van der Waals surface area contributed by atoms with Crippen LogP contribution >= 0.6 is 15.9 Å². The number of hydrogen-bond acceptors (Lipinski definition) is 16. The van der Waals surface area contributed by atoms with E-state index in [1.165, 1.54) is 0 Å². The van der Waals surface area contributed by atoms with Gasteiger partial charge < -0.3 is 46.9 Å². The van der Waals surface area contributed by atoms with Crippen LogP contribution in [0.15, 0.2) is 126 Å². The number of nitrogens with one attached hydrogen (secondary N) is 7. The van der Waals surface area contributed by atoms with Crippen molar-refractivity contribution in [2.45, 2.75) is 103 Å². The highest BCUT2D eigenvalue weighted by Crippen LogP contribution is 2.34. The number of carbonyl (C=O) groups is 7. The first kappa shape index (κ1) is 68.9. The van der Waals surface area contributed by atoms with E-state index in [-0.39, 0.29) is 60.1 Å². The number of aromatic nitrogens is 8. The summed E-state index contributed by atoms with van der Waals surface area (Å²) in [4.78, 5) is 94.3. The molecule has 7 aromatic rings. The Morgan fingerprint density at radius 2 is 1.27 bits per heavy atom. The van der Waals surface area contributed by atoms with Gasteiger partial charge in [0.05, 0.1) is 13.2 Å². The number of primary amides is 1. The van der Waals surface area contributed by atoms with Gasteiger partial charge in [0.2, 0.25) is 23.6 Å². The van der Waals surface area contributed by atoms with Gasteiger partial charge in [0.25, 0.3) is 5.91 Å². The lowest BCUT2D eigenvalue weighted by molar-refractivity contribution is -0.130. The summed E-state index contributed by atoms with van der Waals surface area (Å²) < 4.78 is 11.6. The highest BCUT2D eigenvalue weighted by molar-refractivity contribution is 9.10. The maximum absolute atomic E-state index is 14.1. The molecule has 2 saturated carbocycles. The number of amides is 7. The molecule has 0 unspecified atom stereocenters. The molecule has 27 heteroatoms. The Morgan fingerprint density at radius 1 is 0.691 bits per heavy atom. The summed E-state index contributed by atoms with van der Waals surface area (Å²) in [5.74, 6) is -0.604. The third kappa shape index (κ3) is 20.5. The predicted octanol–water partition coefficient (Wildman–Crippen LogP) is 7.73. The molecule has 94 heavy (non-hydrogen) atoms. The van der Waals surface area contributed by atoms with Gasteiger partial charge in [-0.15, -0.1) is 10.2 Å². The first-order chi connectivity index (χ1) is 45.3. The number of morpholine rings is 1. The first-order valence-corrected chi connectivity index (χ1v) is 32.5. The van der Waals surface area contributed by atoms with E-state index in [1.807, 2.05) is 87.5 Å². The van der Waals surface area contributed by atoms with Crippen LogP contribution in [0.4, 0.5) is 21.0 Å². The molecule has 3 heterocycles. The van der Waals surface area contributed by atoms with Gasteiger partial charge >= 0.3 is 12.2 Å². The van der Waals surface area contributed by atoms with Crippen LogP contribution in [0.3, 0.4) is 0 Å². The van der Waals surface area contributed by atoms with Gasteiger partial charge in [0.15, 0.2) is 11.6 Å². The smallest absolute Gasteiger partial charge is 0.407 e. The van der Waals surface area contributed by atoms with E-state index < -0.39 is 35.8 Å². The number of H-pyrrole nitrogens is 2. The van der Waals surface area contributed by atoms with Crippen molar-refractivity contribution >= 4 is 69.0 Å². The molecule has 26 nitrogen and oxygen atoms in total. The van der Waals surface area contributed by atoms with E-state index in [2.05, 4.69) is 88.7 Å². The van der Waals surface area contributed by atoms with E-state index >= 15 is 0 Å². The molecule has 2 atom stereocenters. The molecule has 7 amide bonds. The molecular weight excluding hydrogens is 1270 g/mol. The van der Waals surface area contributed by atoms with Crippen LogP contribution in [-0.2, 0) is 41.5 Å². The molecule has 10 N–H and O–H groups in total. The SMILES string of the molecule is CC(C)(C)OC(=O)NC[C@H]1CC[C@H](C(=O)N(c2ccc(-c3nnn[nH]3)cc2)[C@@H](Cc2cccc(Br)c2)C(N)=O)CC1.O=C(O)NC[C@H]1CC[C@H](C(=O)N[C@@H](Cc2cccc(-c3cccc(C(=O)NCCN4CCOCC4)c3)c2)C(=O)Nc2ccc(-c3nnn[nH]3)cc2)CC1. The number of rotatable bonds is 23. The molecule has 10 rings (SSSR count). The Hall–Kier alpha value is -9.47. The summed E-state index contributed by atoms with van der Waals surface area (Å²) in [7, 11) is 0. The van der Waals surface area contributed by atoms with E-state index in [0.29, 0.717) is 87.1 Å². The quantitative estimate of drug-likeness (QED) is 0.0296. The number of carbonyl (C=O) groups excluding carboxylic acids is 6. The topological polar surface area (TPSA) is 360 Å². The van der Waals surface area contributed by atoms with Crippen molar-refractivity contribution < 1.29 is 48.1 Å². The largest absolute Gasteiger partial charge is 0.465 e. The highest BCUT2D eigenvalue weighted by atomic mass is 79.9. The van der Waals surface area contributed by atoms with Crippen molar-refractivity contribution in [3.63, 3.8) is 0 Å². The molecule has 1 aliphatic heterocycles. The maximum atomic E-state index is 14.1. The second kappa shape index (κ2) is 33.4. The molecule has 5 aromatic carbocycles. The second-order valence-electron chi connectivity index (χ2n) is 24.8. The zero-order valence-corrected chi connectivity index (χ0v) is 54.5. The Morgan fingerprint density at radius 3 is 1.85 bits per heavy atom. The zero-order chi connectivity index (χ0) is 66.6. The van der Waals surface area contributed by atoms with Crippen molar-refractivity contribution in [2.75, 3.05) is 62.7 Å².